The highest BCUT2D eigenvalue weighted by Crippen LogP contribution is 2.27. The largest absolute Gasteiger partial charge is 0.383 e. The molecule has 0 fully saturated rings. The summed E-state index contributed by atoms with van der Waals surface area (Å²) in [6, 6.07) is 26.5. The van der Waals surface area contributed by atoms with E-state index in [1.165, 1.54) is 0 Å². The molecule has 4 aromatic rings. The Morgan fingerprint density at radius 3 is 2.14 bits per heavy atom. The summed E-state index contributed by atoms with van der Waals surface area (Å²) in [5.74, 6) is 2.21. The second-order valence-electron chi connectivity index (χ2n) is 10.1. The molecule has 5 heteroatoms. The van der Waals surface area contributed by atoms with Crippen molar-refractivity contribution in [3.63, 3.8) is 0 Å². The van der Waals surface area contributed by atoms with Gasteiger partial charge in [0.2, 0.25) is 0 Å². The number of aliphatic imine (C=N–C) groups is 1. The molecule has 1 heterocycles. The van der Waals surface area contributed by atoms with Crippen LogP contribution < -0.4 is 5.73 Å². The molecule has 0 saturated carbocycles. The van der Waals surface area contributed by atoms with Crippen molar-refractivity contribution in [3.8, 4) is 22.5 Å². The third-order valence-electron chi connectivity index (χ3n) is 7.10. The van der Waals surface area contributed by atoms with Gasteiger partial charge in [0, 0.05) is 16.7 Å². The lowest BCUT2D eigenvalue weighted by atomic mass is 10.0. The molecule has 0 radical (unpaired) electrons. The van der Waals surface area contributed by atoms with E-state index >= 15 is 0 Å². The maximum atomic E-state index is 6.25. The Morgan fingerprint density at radius 2 is 1.34 bits per heavy atom. The SMILES string of the molecule is CC(N=C(N)c1ccccc1)c1ccc(-c2ccc(-c3nc(C4=C=C/C=C\C=C=C4)nc(C4=CC=C=CC=C4)n3)cc2)cc1. The predicted molar refractivity (Wildman–Crippen MR) is 179 cm³/mol. The molecule has 0 bridgehead atoms. The fourth-order valence-corrected chi connectivity index (χ4v) is 4.70. The number of nitrogens with zero attached hydrogens (tertiary/aromatic N) is 4. The number of benzene rings is 3. The lowest BCUT2D eigenvalue weighted by Crippen LogP contribution is -2.14. The first-order valence-electron chi connectivity index (χ1n) is 14.3. The molecule has 5 nitrogen and oxygen atoms in total. The molecule has 0 aliphatic heterocycles. The van der Waals surface area contributed by atoms with Gasteiger partial charge in [-0.3, -0.25) is 4.99 Å². The normalized spacial score (nSPS) is 15.2. The summed E-state index contributed by atoms with van der Waals surface area (Å²) in [5, 5.41) is 0. The summed E-state index contributed by atoms with van der Waals surface area (Å²) >= 11 is 0. The van der Waals surface area contributed by atoms with Gasteiger partial charge in [0.1, 0.15) is 5.84 Å². The minimum atomic E-state index is -0.0623. The van der Waals surface area contributed by atoms with Crippen molar-refractivity contribution >= 4 is 17.0 Å². The van der Waals surface area contributed by atoms with Gasteiger partial charge in [0.05, 0.1) is 11.6 Å². The number of rotatable bonds is 7. The molecule has 2 N–H and O–H groups in total. The Labute approximate surface area is 257 Å². The van der Waals surface area contributed by atoms with Crippen molar-refractivity contribution in [3.05, 3.63) is 180 Å². The van der Waals surface area contributed by atoms with Crippen LogP contribution in [0.15, 0.2) is 162 Å². The standard InChI is InChI=1S/C39H29N5/c1-28(41-36(40)32-14-12-7-13-15-32)29-20-22-30(23-21-29)31-24-26-35(27-25-31)39-43-37(33-16-8-3-2-4-9-17-33)42-38(44-39)34-18-10-5-6-11-19-34/h2-5,7-8,10-15,17-28H,1H3,(H2,40,41)/b3-2-. The van der Waals surface area contributed by atoms with Gasteiger partial charge in [0.15, 0.2) is 17.5 Å². The number of allylic oxidation sites excluding steroid dienone is 9. The van der Waals surface area contributed by atoms with Crippen LogP contribution in [0.1, 0.15) is 35.7 Å². The first-order valence-corrected chi connectivity index (χ1v) is 14.3. The van der Waals surface area contributed by atoms with Crippen LogP contribution in [0.2, 0.25) is 0 Å². The van der Waals surface area contributed by atoms with E-state index in [1.807, 2.05) is 103 Å². The Kier molecular flexibility index (Phi) is 8.46. The lowest BCUT2D eigenvalue weighted by Gasteiger charge is -2.11. The van der Waals surface area contributed by atoms with E-state index in [0.29, 0.717) is 23.3 Å². The van der Waals surface area contributed by atoms with E-state index < -0.39 is 0 Å². The summed E-state index contributed by atoms with van der Waals surface area (Å²) in [5.41, 5.74) is 22.4. The van der Waals surface area contributed by atoms with E-state index in [9.17, 15) is 0 Å². The zero-order valence-corrected chi connectivity index (χ0v) is 24.2. The van der Waals surface area contributed by atoms with Gasteiger partial charge < -0.3 is 5.73 Å². The molecular formula is C39H29N5. The highest BCUT2D eigenvalue weighted by Gasteiger charge is 2.14. The van der Waals surface area contributed by atoms with Crippen LogP contribution in [0.25, 0.3) is 33.7 Å². The van der Waals surface area contributed by atoms with Gasteiger partial charge in [-0.05, 0) is 60.1 Å². The average Bonchev–Trinajstić information content (AvgIpc) is 3.35. The van der Waals surface area contributed by atoms with Crippen LogP contribution in [-0.2, 0) is 0 Å². The fourth-order valence-electron chi connectivity index (χ4n) is 4.70. The van der Waals surface area contributed by atoms with Crippen molar-refractivity contribution in [2.45, 2.75) is 13.0 Å². The first-order chi connectivity index (χ1) is 21.6. The summed E-state index contributed by atoms with van der Waals surface area (Å²) in [7, 11) is 0. The minimum absolute atomic E-state index is 0.0623. The number of hydrogen-bond acceptors (Lipinski definition) is 4. The third-order valence-corrected chi connectivity index (χ3v) is 7.10. The average molecular weight is 568 g/mol. The Hall–Kier alpha value is -6.08. The fraction of sp³-hybridized carbons (Fsp3) is 0.0513. The molecule has 2 aliphatic carbocycles. The van der Waals surface area contributed by atoms with Gasteiger partial charge in [-0.15, -0.1) is 17.2 Å². The van der Waals surface area contributed by atoms with Crippen LogP contribution in [0.3, 0.4) is 0 Å². The van der Waals surface area contributed by atoms with Crippen molar-refractivity contribution in [1.29, 1.82) is 0 Å². The van der Waals surface area contributed by atoms with Gasteiger partial charge in [0.25, 0.3) is 0 Å². The van der Waals surface area contributed by atoms with Crippen LogP contribution in [0.5, 0.6) is 0 Å². The zero-order valence-electron chi connectivity index (χ0n) is 24.2. The van der Waals surface area contributed by atoms with Crippen LogP contribution in [-0.4, -0.2) is 20.8 Å². The maximum absolute atomic E-state index is 6.25. The van der Waals surface area contributed by atoms with E-state index in [4.69, 9.17) is 25.7 Å². The van der Waals surface area contributed by atoms with Gasteiger partial charge in [-0.2, -0.15) is 0 Å². The number of amidine groups is 1. The third kappa shape index (κ3) is 6.69. The summed E-state index contributed by atoms with van der Waals surface area (Å²) in [4.78, 5) is 19.2. The molecule has 6 rings (SSSR count). The second kappa shape index (κ2) is 13.3. The van der Waals surface area contributed by atoms with Gasteiger partial charge >= 0.3 is 0 Å². The highest BCUT2D eigenvalue weighted by molar-refractivity contribution is 5.97. The summed E-state index contributed by atoms with van der Waals surface area (Å²) < 4.78 is 0. The van der Waals surface area contributed by atoms with Crippen LogP contribution in [0.4, 0.5) is 0 Å². The Bertz CT molecular complexity index is 2000. The molecule has 0 saturated heterocycles. The number of hydrogen-bond donors (Lipinski definition) is 1. The van der Waals surface area contributed by atoms with Crippen molar-refractivity contribution in [2.75, 3.05) is 0 Å². The van der Waals surface area contributed by atoms with Crippen LogP contribution >= 0.6 is 0 Å². The first kappa shape index (κ1) is 28.1. The maximum Gasteiger partial charge on any atom is 0.172 e. The molecule has 2 aliphatic rings. The Morgan fingerprint density at radius 1 is 0.682 bits per heavy atom. The molecule has 1 atom stereocenters. The van der Waals surface area contributed by atoms with E-state index in [0.717, 1.165) is 39.0 Å². The number of nitrogens with two attached hydrogens (primary N) is 1. The van der Waals surface area contributed by atoms with Crippen molar-refractivity contribution in [1.82, 2.24) is 15.0 Å². The van der Waals surface area contributed by atoms with Crippen LogP contribution in [0, 0.1) is 0 Å². The smallest absolute Gasteiger partial charge is 0.172 e. The highest BCUT2D eigenvalue weighted by atomic mass is 15.0. The predicted octanol–water partition coefficient (Wildman–Crippen LogP) is 8.16. The van der Waals surface area contributed by atoms with Crippen molar-refractivity contribution < 1.29 is 0 Å². The minimum Gasteiger partial charge on any atom is -0.383 e. The molecule has 0 spiro atoms. The van der Waals surface area contributed by atoms with E-state index in [-0.39, 0.29) is 6.04 Å². The number of aromatic nitrogens is 3. The zero-order chi connectivity index (χ0) is 30.1. The summed E-state index contributed by atoms with van der Waals surface area (Å²) in [6.07, 6.45) is 18.8. The quantitative estimate of drug-likeness (QED) is 0.139. The summed E-state index contributed by atoms with van der Waals surface area (Å²) in [6.45, 7) is 2.05. The van der Waals surface area contributed by atoms with Crippen molar-refractivity contribution in [2.24, 2.45) is 10.7 Å². The molecular weight excluding hydrogens is 538 g/mol. The van der Waals surface area contributed by atoms with Gasteiger partial charge in [-0.1, -0.05) is 103 Å². The Balaban J connectivity index is 1.29. The molecule has 3 aromatic carbocycles. The van der Waals surface area contributed by atoms with Gasteiger partial charge in [-0.25, -0.2) is 15.0 Å². The van der Waals surface area contributed by atoms with E-state index in [2.05, 4.69) is 60.5 Å². The monoisotopic (exact) mass is 567 g/mol. The molecule has 1 unspecified atom stereocenters. The van der Waals surface area contributed by atoms with E-state index in [1.54, 1.807) is 0 Å². The molecule has 1 aromatic heterocycles. The lowest BCUT2D eigenvalue weighted by molar-refractivity contribution is 0.818. The topological polar surface area (TPSA) is 77.0 Å². The molecule has 0 amide bonds. The molecule has 210 valence electrons. The second-order valence-corrected chi connectivity index (χ2v) is 10.1. The molecule has 44 heavy (non-hydrogen) atoms.